The molecule has 5 heteroatoms. The summed E-state index contributed by atoms with van der Waals surface area (Å²) in [7, 11) is 0. The standard InChI is InChI=1S/C18H18N2O3/c1-4-23-18(22)15-16(13-6-5-7-19-13)20-14-9-11(3)10(2)8-12(14)17(15)21/h5-9,19H,4H2,1-3H3,(H,20,21). The minimum atomic E-state index is -0.613. The molecule has 2 heterocycles. The second-order valence-electron chi connectivity index (χ2n) is 5.49. The minimum absolute atomic E-state index is 0.0325. The Hall–Kier alpha value is -2.82. The lowest BCUT2D eigenvalue weighted by atomic mass is 10.0. The summed E-state index contributed by atoms with van der Waals surface area (Å²) in [4.78, 5) is 31.5. The molecule has 0 saturated heterocycles. The van der Waals surface area contributed by atoms with Crippen molar-refractivity contribution in [3.8, 4) is 11.4 Å². The normalized spacial score (nSPS) is 10.9. The van der Waals surface area contributed by atoms with Gasteiger partial charge in [0.15, 0.2) is 0 Å². The number of fused-ring (bicyclic) bond motifs is 1. The molecule has 3 rings (SSSR count). The molecule has 0 aliphatic rings. The number of esters is 1. The van der Waals surface area contributed by atoms with Gasteiger partial charge in [0.05, 0.1) is 23.5 Å². The van der Waals surface area contributed by atoms with Gasteiger partial charge in [-0.2, -0.15) is 0 Å². The Bertz CT molecular complexity index is 937. The van der Waals surface area contributed by atoms with E-state index in [1.165, 1.54) is 0 Å². The first-order valence-electron chi connectivity index (χ1n) is 7.51. The molecule has 118 valence electrons. The van der Waals surface area contributed by atoms with E-state index in [1.54, 1.807) is 19.2 Å². The second kappa shape index (κ2) is 5.76. The van der Waals surface area contributed by atoms with Crippen LogP contribution >= 0.6 is 0 Å². The molecule has 0 aliphatic heterocycles. The summed E-state index contributed by atoms with van der Waals surface area (Å²) in [5.41, 5.74) is 3.63. The van der Waals surface area contributed by atoms with E-state index in [9.17, 15) is 9.59 Å². The summed E-state index contributed by atoms with van der Waals surface area (Å²) in [6.07, 6.45) is 1.74. The van der Waals surface area contributed by atoms with Gasteiger partial charge in [-0.1, -0.05) is 0 Å². The number of carbonyl (C=O) groups is 1. The zero-order valence-corrected chi connectivity index (χ0v) is 13.3. The highest BCUT2D eigenvalue weighted by atomic mass is 16.5. The van der Waals surface area contributed by atoms with Crippen LogP contribution in [-0.4, -0.2) is 22.5 Å². The van der Waals surface area contributed by atoms with Crippen molar-refractivity contribution in [1.82, 2.24) is 9.97 Å². The highest BCUT2D eigenvalue weighted by Crippen LogP contribution is 2.23. The fraction of sp³-hybridized carbons (Fsp3) is 0.222. The molecule has 0 atom stereocenters. The molecule has 23 heavy (non-hydrogen) atoms. The molecule has 0 aliphatic carbocycles. The van der Waals surface area contributed by atoms with E-state index in [4.69, 9.17) is 4.74 Å². The van der Waals surface area contributed by atoms with Gasteiger partial charge in [-0.05, 0) is 56.2 Å². The predicted molar refractivity (Wildman–Crippen MR) is 89.8 cm³/mol. The van der Waals surface area contributed by atoms with Crippen molar-refractivity contribution in [2.24, 2.45) is 0 Å². The lowest BCUT2D eigenvalue weighted by Crippen LogP contribution is -2.20. The third-order valence-corrected chi connectivity index (χ3v) is 3.96. The molecule has 0 saturated carbocycles. The van der Waals surface area contributed by atoms with Crippen LogP contribution in [0.2, 0.25) is 0 Å². The third-order valence-electron chi connectivity index (χ3n) is 3.96. The zero-order valence-electron chi connectivity index (χ0n) is 13.3. The summed E-state index contributed by atoms with van der Waals surface area (Å²) >= 11 is 0. The Morgan fingerprint density at radius 1 is 1.22 bits per heavy atom. The van der Waals surface area contributed by atoms with Crippen LogP contribution in [0, 0.1) is 13.8 Å². The van der Waals surface area contributed by atoms with Gasteiger partial charge in [0.25, 0.3) is 0 Å². The summed E-state index contributed by atoms with van der Waals surface area (Å²) < 4.78 is 5.08. The summed E-state index contributed by atoms with van der Waals surface area (Å²) in [6, 6.07) is 7.35. The lowest BCUT2D eigenvalue weighted by Gasteiger charge is -2.11. The van der Waals surface area contributed by atoms with Gasteiger partial charge in [-0.25, -0.2) is 4.79 Å². The maximum absolute atomic E-state index is 12.9. The Balaban J connectivity index is 2.39. The number of nitrogens with one attached hydrogen (secondary N) is 2. The van der Waals surface area contributed by atoms with E-state index in [-0.39, 0.29) is 17.6 Å². The number of H-pyrrole nitrogens is 2. The third kappa shape index (κ3) is 2.54. The lowest BCUT2D eigenvalue weighted by molar-refractivity contribution is 0.0525. The fourth-order valence-electron chi connectivity index (χ4n) is 2.64. The molecule has 0 amide bonds. The van der Waals surface area contributed by atoms with Gasteiger partial charge >= 0.3 is 5.97 Å². The van der Waals surface area contributed by atoms with E-state index in [1.807, 2.05) is 32.0 Å². The molecule has 0 radical (unpaired) electrons. The van der Waals surface area contributed by atoms with E-state index in [2.05, 4.69) is 9.97 Å². The highest BCUT2D eigenvalue weighted by Gasteiger charge is 2.22. The topological polar surface area (TPSA) is 75.0 Å². The molecule has 2 N–H and O–H groups in total. The molecule has 1 aromatic carbocycles. The van der Waals surface area contributed by atoms with Crippen LogP contribution in [0.3, 0.4) is 0 Å². The Morgan fingerprint density at radius 3 is 2.61 bits per heavy atom. The van der Waals surface area contributed by atoms with Crippen LogP contribution in [0.4, 0.5) is 0 Å². The molecule has 2 aromatic heterocycles. The monoisotopic (exact) mass is 310 g/mol. The van der Waals surface area contributed by atoms with Crippen molar-refractivity contribution >= 4 is 16.9 Å². The Morgan fingerprint density at radius 2 is 1.96 bits per heavy atom. The van der Waals surface area contributed by atoms with Crippen LogP contribution in [-0.2, 0) is 4.74 Å². The highest BCUT2D eigenvalue weighted by molar-refractivity contribution is 6.00. The van der Waals surface area contributed by atoms with Crippen molar-refractivity contribution in [3.63, 3.8) is 0 Å². The molecular weight excluding hydrogens is 292 g/mol. The van der Waals surface area contributed by atoms with E-state index < -0.39 is 5.97 Å². The van der Waals surface area contributed by atoms with Gasteiger partial charge in [0.2, 0.25) is 5.43 Å². The van der Waals surface area contributed by atoms with Crippen LogP contribution in [0.1, 0.15) is 28.4 Å². The number of ether oxygens (including phenoxy) is 1. The largest absolute Gasteiger partial charge is 0.462 e. The fourth-order valence-corrected chi connectivity index (χ4v) is 2.64. The molecule has 0 spiro atoms. The first-order chi connectivity index (χ1) is 11.0. The number of aryl methyl sites for hydroxylation is 2. The molecule has 0 unspecified atom stereocenters. The molecular formula is C18H18N2O3. The number of rotatable bonds is 3. The van der Waals surface area contributed by atoms with Gasteiger partial charge < -0.3 is 14.7 Å². The molecule has 3 aromatic rings. The second-order valence-corrected chi connectivity index (χ2v) is 5.49. The quantitative estimate of drug-likeness (QED) is 0.729. The van der Waals surface area contributed by atoms with Crippen molar-refractivity contribution in [2.45, 2.75) is 20.8 Å². The molecule has 0 bridgehead atoms. The van der Waals surface area contributed by atoms with Crippen LogP contribution in [0.15, 0.2) is 35.3 Å². The average Bonchev–Trinajstić information content (AvgIpc) is 3.03. The summed E-state index contributed by atoms with van der Waals surface area (Å²) in [6.45, 7) is 5.86. The number of benzene rings is 1. The first kappa shape index (κ1) is 15.1. The van der Waals surface area contributed by atoms with Crippen molar-refractivity contribution in [3.05, 3.63) is 57.4 Å². The summed E-state index contributed by atoms with van der Waals surface area (Å²) in [5.74, 6) is -0.613. The Labute approximate surface area is 133 Å². The van der Waals surface area contributed by atoms with Gasteiger partial charge in [0, 0.05) is 11.6 Å². The van der Waals surface area contributed by atoms with Crippen LogP contribution in [0.25, 0.3) is 22.3 Å². The predicted octanol–water partition coefficient (Wildman–Crippen LogP) is 3.32. The number of pyridine rings is 1. The van der Waals surface area contributed by atoms with Crippen molar-refractivity contribution in [2.75, 3.05) is 6.61 Å². The number of hydrogen-bond donors (Lipinski definition) is 2. The van der Waals surface area contributed by atoms with Gasteiger partial charge in [-0.3, -0.25) is 4.79 Å². The number of aromatic amines is 2. The SMILES string of the molecule is CCOC(=O)c1c(-c2ccc[nH]2)[nH]c2cc(C)c(C)cc2c1=O. The van der Waals surface area contributed by atoms with E-state index in [0.717, 1.165) is 11.1 Å². The smallest absolute Gasteiger partial charge is 0.344 e. The maximum atomic E-state index is 12.9. The zero-order chi connectivity index (χ0) is 16.6. The molecule has 0 fully saturated rings. The van der Waals surface area contributed by atoms with Gasteiger partial charge in [0.1, 0.15) is 5.56 Å². The van der Waals surface area contributed by atoms with E-state index in [0.29, 0.717) is 22.3 Å². The minimum Gasteiger partial charge on any atom is -0.462 e. The van der Waals surface area contributed by atoms with E-state index >= 15 is 0 Å². The number of carbonyl (C=O) groups excluding carboxylic acids is 1. The van der Waals surface area contributed by atoms with Crippen molar-refractivity contribution in [1.29, 1.82) is 0 Å². The Kier molecular flexibility index (Phi) is 3.78. The summed E-state index contributed by atoms with van der Waals surface area (Å²) in [5, 5.41) is 0.492. The van der Waals surface area contributed by atoms with Crippen LogP contribution < -0.4 is 5.43 Å². The van der Waals surface area contributed by atoms with Gasteiger partial charge in [-0.15, -0.1) is 0 Å². The average molecular weight is 310 g/mol. The van der Waals surface area contributed by atoms with Crippen molar-refractivity contribution < 1.29 is 9.53 Å². The first-order valence-corrected chi connectivity index (χ1v) is 7.51. The molecule has 5 nitrogen and oxygen atoms in total. The van der Waals surface area contributed by atoms with Crippen LogP contribution in [0.5, 0.6) is 0 Å². The number of aromatic nitrogens is 2. The maximum Gasteiger partial charge on any atom is 0.344 e. The number of hydrogen-bond acceptors (Lipinski definition) is 3.